The first kappa shape index (κ1) is 16.5. The van der Waals surface area contributed by atoms with Crippen LogP contribution in [0.4, 0.5) is 5.69 Å². The van der Waals surface area contributed by atoms with Gasteiger partial charge in [-0.3, -0.25) is 4.79 Å². The Bertz CT molecular complexity index is 945. The Morgan fingerprint density at radius 3 is 3.04 bits per heavy atom. The number of hydrogen-bond donors (Lipinski definition) is 0. The Morgan fingerprint density at radius 1 is 1.38 bits per heavy atom. The third-order valence-corrected chi connectivity index (χ3v) is 4.55. The highest BCUT2D eigenvalue weighted by Crippen LogP contribution is 2.40. The number of carbonyl (C=O) groups is 1. The van der Waals surface area contributed by atoms with Crippen LogP contribution in [0.2, 0.25) is 5.02 Å². The molecular weight excluding hydrogens is 354 g/mol. The highest BCUT2D eigenvalue weighted by molar-refractivity contribution is 6.32. The number of fused-ring (bicyclic) bond motifs is 1. The zero-order valence-electron chi connectivity index (χ0n) is 14.0. The van der Waals surface area contributed by atoms with Crippen LogP contribution >= 0.6 is 11.6 Å². The van der Waals surface area contributed by atoms with Crippen molar-refractivity contribution in [1.82, 2.24) is 19.7 Å². The van der Waals surface area contributed by atoms with Crippen molar-refractivity contribution in [3.05, 3.63) is 59.8 Å². The minimum atomic E-state index is -0.140. The molecule has 1 aliphatic heterocycles. The summed E-state index contributed by atoms with van der Waals surface area (Å²) in [5.74, 6) is 0.935. The van der Waals surface area contributed by atoms with Gasteiger partial charge in [0.15, 0.2) is 11.6 Å². The lowest BCUT2D eigenvalue weighted by Gasteiger charge is -2.35. The molecule has 0 saturated heterocycles. The van der Waals surface area contributed by atoms with Gasteiger partial charge in [0.2, 0.25) is 0 Å². The molecule has 8 heteroatoms. The molecule has 132 valence electrons. The molecule has 1 aliphatic rings. The predicted molar refractivity (Wildman–Crippen MR) is 97.0 cm³/mol. The number of hydrogen-bond acceptors (Lipinski definition) is 5. The first-order chi connectivity index (χ1) is 12.7. The van der Waals surface area contributed by atoms with Crippen LogP contribution in [0.25, 0.3) is 5.82 Å². The Hall–Kier alpha value is -2.93. The van der Waals surface area contributed by atoms with Crippen LogP contribution in [0.15, 0.2) is 49.2 Å². The topological polar surface area (TPSA) is 73.1 Å². The summed E-state index contributed by atoms with van der Waals surface area (Å²) in [5, 5.41) is 4.55. The third kappa shape index (κ3) is 2.90. The predicted octanol–water partition coefficient (Wildman–Crippen LogP) is 3.13. The summed E-state index contributed by atoms with van der Waals surface area (Å²) in [6, 6.07) is 8.78. The summed E-state index contributed by atoms with van der Waals surface area (Å²) >= 11 is 6.28. The van der Waals surface area contributed by atoms with Crippen LogP contribution in [0.1, 0.15) is 23.7 Å². The molecule has 0 N–H and O–H groups in total. The molecule has 1 unspecified atom stereocenters. The van der Waals surface area contributed by atoms with Gasteiger partial charge >= 0.3 is 0 Å². The maximum atomic E-state index is 13.2. The Labute approximate surface area is 155 Å². The Balaban J connectivity index is 1.73. The minimum Gasteiger partial charge on any atom is -0.485 e. The molecule has 0 fully saturated rings. The fourth-order valence-electron chi connectivity index (χ4n) is 2.90. The molecule has 2 aromatic heterocycles. The van der Waals surface area contributed by atoms with Crippen molar-refractivity contribution in [3.8, 4) is 11.6 Å². The van der Waals surface area contributed by atoms with Crippen LogP contribution in [0, 0.1) is 0 Å². The van der Waals surface area contributed by atoms with E-state index in [1.54, 1.807) is 29.3 Å². The normalized spacial score (nSPS) is 16.1. The summed E-state index contributed by atoms with van der Waals surface area (Å²) in [7, 11) is 0. The van der Waals surface area contributed by atoms with Crippen molar-refractivity contribution in [3.63, 3.8) is 0 Å². The molecule has 1 amide bonds. The fraction of sp³-hybridized carbons (Fsp3) is 0.222. The molecular formula is C18H16ClN5O2. The number of nitrogens with zero attached hydrogens (tertiary/aromatic N) is 5. The van der Waals surface area contributed by atoms with E-state index in [2.05, 4.69) is 15.1 Å². The number of ether oxygens (including phenoxy) is 1. The van der Waals surface area contributed by atoms with Crippen LogP contribution in [0.3, 0.4) is 0 Å². The van der Waals surface area contributed by atoms with Gasteiger partial charge in [-0.2, -0.15) is 5.10 Å². The maximum absolute atomic E-state index is 13.2. The smallest absolute Gasteiger partial charge is 0.258 e. The van der Waals surface area contributed by atoms with Gasteiger partial charge in [-0.25, -0.2) is 14.6 Å². The van der Waals surface area contributed by atoms with Gasteiger partial charge in [-0.05, 0) is 30.7 Å². The second kappa shape index (κ2) is 6.76. The van der Waals surface area contributed by atoms with Crippen molar-refractivity contribution < 1.29 is 9.53 Å². The lowest BCUT2D eigenvalue weighted by atomic mass is 10.1. The summed E-state index contributed by atoms with van der Waals surface area (Å²) < 4.78 is 7.46. The van der Waals surface area contributed by atoms with Gasteiger partial charge in [-0.15, -0.1) is 0 Å². The van der Waals surface area contributed by atoms with Crippen LogP contribution in [0.5, 0.6) is 5.75 Å². The summed E-state index contributed by atoms with van der Waals surface area (Å²) in [6.45, 7) is 2.48. The standard InChI is InChI=1S/C18H16ClN5O2/c1-2-13-9-23(15-5-3-4-14(19)17(15)26-13)18(25)12-6-7-21-16(8-12)24-11-20-10-22-24/h3-8,10-11,13H,2,9H2,1H3. The van der Waals surface area contributed by atoms with Gasteiger partial charge < -0.3 is 9.64 Å². The zero-order valence-corrected chi connectivity index (χ0v) is 14.8. The largest absolute Gasteiger partial charge is 0.485 e. The van der Waals surface area contributed by atoms with Crippen molar-refractivity contribution in [2.75, 3.05) is 11.4 Å². The van der Waals surface area contributed by atoms with Gasteiger partial charge in [0.05, 0.1) is 17.3 Å². The lowest BCUT2D eigenvalue weighted by Crippen LogP contribution is -2.43. The molecule has 1 atom stereocenters. The number of pyridine rings is 1. The van der Waals surface area contributed by atoms with Crippen molar-refractivity contribution in [2.24, 2.45) is 0 Å². The number of anilines is 1. The maximum Gasteiger partial charge on any atom is 0.258 e. The second-order valence-electron chi connectivity index (χ2n) is 5.89. The van der Waals surface area contributed by atoms with Gasteiger partial charge in [0.25, 0.3) is 5.91 Å². The lowest BCUT2D eigenvalue weighted by molar-refractivity contribution is 0.0954. The van der Waals surface area contributed by atoms with E-state index in [1.807, 2.05) is 19.1 Å². The van der Waals surface area contributed by atoms with Crippen molar-refractivity contribution in [2.45, 2.75) is 19.4 Å². The van der Waals surface area contributed by atoms with Gasteiger partial charge in [-0.1, -0.05) is 24.6 Å². The van der Waals surface area contributed by atoms with E-state index in [1.165, 1.54) is 17.3 Å². The average Bonchev–Trinajstić information content (AvgIpc) is 3.22. The third-order valence-electron chi connectivity index (χ3n) is 4.25. The Kier molecular flexibility index (Phi) is 4.30. The molecule has 3 heterocycles. The molecule has 0 spiro atoms. The quantitative estimate of drug-likeness (QED) is 0.709. The number of halogens is 1. The van der Waals surface area contributed by atoms with E-state index in [9.17, 15) is 4.79 Å². The van der Waals surface area contributed by atoms with Gasteiger partial charge in [0.1, 0.15) is 18.8 Å². The SMILES string of the molecule is CCC1CN(C(=O)c2ccnc(-n3cncn3)c2)c2cccc(Cl)c2O1. The molecule has 26 heavy (non-hydrogen) atoms. The van der Waals surface area contributed by atoms with E-state index in [-0.39, 0.29) is 12.0 Å². The first-order valence-electron chi connectivity index (χ1n) is 8.25. The fourth-order valence-corrected chi connectivity index (χ4v) is 3.11. The van der Waals surface area contributed by atoms with E-state index >= 15 is 0 Å². The average molecular weight is 370 g/mol. The minimum absolute atomic E-state index is 0.108. The first-order valence-corrected chi connectivity index (χ1v) is 8.63. The number of para-hydroxylation sites is 1. The molecule has 0 radical (unpaired) electrons. The van der Waals surface area contributed by atoms with Crippen LogP contribution in [-0.4, -0.2) is 38.3 Å². The highest BCUT2D eigenvalue weighted by atomic mass is 35.5. The monoisotopic (exact) mass is 369 g/mol. The summed E-state index contributed by atoms with van der Waals surface area (Å²) in [6.07, 6.45) is 5.20. The number of benzene rings is 1. The number of rotatable bonds is 3. The number of aromatic nitrogens is 4. The van der Waals surface area contributed by atoms with E-state index in [4.69, 9.17) is 16.3 Å². The number of amides is 1. The summed E-state index contributed by atoms with van der Waals surface area (Å²) in [5.41, 5.74) is 1.18. The van der Waals surface area contributed by atoms with Crippen molar-refractivity contribution >= 4 is 23.2 Å². The molecule has 0 bridgehead atoms. The number of carbonyl (C=O) groups excluding carboxylic acids is 1. The van der Waals surface area contributed by atoms with E-state index in [0.717, 1.165) is 6.42 Å². The van der Waals surface area contributed by atoms with E-state index < -0.39 is 0 Å². The van der Waals surface area contributed by atoms with Crippen LogP contribution < -0.4 is 9.64 Å². The summed E-state index contributed by atoms with van der Waals surface area (Å²) in [4.78, 5) is 23.1. The Morgan fingerprint density at radius 2 is 2.27 bits per heavy atom. The molecule has 0 saturated carbocycles. The van der Waals surface area contributed by atoms with E-state index in [0.29, 0.717) is 34.4 Å². The second-order valence-corrected chi connectivity index (χ2v) is 6.30. The molecule has 1 aromatic carbocycles. The molecule has 0 aliphatic carbocycles. The van der Waals surface area contributed by atoms with Crippen molar-refractivity contribution in [1.29, 1.82) is 0 Å². The highest BCUT2D eigenvalue weighted by Gasteiger charge is 2.31. The molecule has 4 rings (SSSR count). The van der Waals surface area contributed by atoms with Crippen LogP contribution in [-0.2, 0) is 0 Å². The van der Waals surface area contributed by atoms with Gasteiger partial charge in [0, 0.05) is 11.8 Å². The zero-order chi connectivity index (χ0) is 18.1. The molecule has 3 aromatic rings. The molecule has 7 nitrogen and oxygen atoms in total.